The normalized spacial score (nSPS) is 13.4. The average Bonchev–Trinajstić information content (AvgIpc) is 2.50. The fourth-order valence-electron chi connectivity index (χ4n) is 1.14. The van der Waals surface area contributed by atoms with E-state index in [0.29, 0.717) is 17.0 Å². The largest absolute Gasteiger partial charge is 0.399 e. The summed E-state index contributed by atoms with van der Waals surface area (Å²) < 4.78 is 0. The van der Waals surface area contributed by atoms with Crippen LogP contribution in [0.4, 0.5) is 0 Å². The third kappa shape index (κ3) is 7.38. The van der Waals surface area contributed by atoms with Crippen molar-refractivity contribution in [3.63, 3.8) is 0 Å². The molecule has 0 aliphatic rings. The molecule has 0 atom stereocenters. The number of hydrogen-bond acceptors (Lipinski definition) is 2. The SMILES string of the molecule is C=C/C(C)=C\C=C(/C=C)C(=O)N/C(C=C)=C/C=C(/N)C=C. The Labute approximate surface area is 126 Å². The van der Waals surface area contributed by atoms with Gasteiger partial charge in [0.05, 0.1) is 0 Å². The smallest absolute Gasteiger partial charge is 0.255 e. The Balaban J connectivity index is 5.15. The van der Waals surface area contributed by atoms with Gasteiger partial charge in [0, 0.05) is 17.0 Å². The lowest BCUT2D eigenvalue weighted by Crippen LogP contribution is -2.22. The van der Waals surface area contributed by atoms with Crippen LogP contribution in [0.1, 0.15) is 6.92 Å². The number of carbonyl (C=O) groups is 1. The highest BCUT2D eigenvalue weighted by molar-refractivity contribution is 5.97. The summed E-state index contributed by atoms with van der Waals surface area (Å²) in [4.78, 5) is 12.1. The molecule has 0 aromatic rings. The molecule has 3 N–H and O–H groups in total. The molecule has 110 valence electrons. The van der Waals surface area contributed by atoms with E-state index < -0.39 is 0 Å². The molecule has 3 heteroatoms. The number of rotatable bonds is 8. The Morgan fingerprint density at radius 2 is 1.57 bits per heavy atom. The van der Waals surface area contributed by atoms with Crippen molar-refractivity contribution in [3.8, 4) is 0 Å². The van der Waals surface area contributed by atoms with Crippen LogP contribution in [-0.4, -0.2) is 5.91 Å². The van der Waals surface area contributed by atoms with Gasteiger partial charge in [-0.2, -0.15) is 0 Å². The van der Waals surface area contributed by atoms with Crippen LogP contribution in [-0.2, 0) is 4.79 Å². The van der Waals surface area contributed by atoms with Crippen molar-refractivity contribution >= 4 is 5.91 Å². The zero-order valence-corrected chi connectivity index (χ0v) is 12.4. The molecule has 21 heavy (non-hydrogen) atoms. The van der Waals surface area contributed by atoms with Crippen molar-refractivity contribution in [2.75, 3.05) is 0 Å². The van der Waals surface area contributed by atoms with E-state index in [9.17, 15) is 4.79 Å². The predicted octanol–water partition coefficient (Wildman–Crippen LogP) is 3.45. The van der Waals surface area contributed by atoms with E-state index >= 15 is 0 Å². The van der Waals surface area contributed by atoms with Gasteiger partial charge in [-0.1, -0.05) is 50.1 Å². The second kappa shape index (κ2) is 10.0. The van der Waals surface area contributed by atoms with E-state index in [1.54, 1.807) is 30.4 Å². The molecule has 0 saturated carbocycles. The van der Waals surface area contributed by atoms with E-state index in [2.05, 4.69) is 31.6 Å². The van der Waals surface area contributed by atoms with Crippen LogP contribution in [0, 0.1) is 0 Å². The molecule has 0 aromatic heterocycles. The van der Waals surface area contributed by atoms with Crippen molar-refractivity contribution in [1.29, 1.82) is 0 Å². The minimum atomic E-state index is -0.283. The minimum Gasteiger partial charge on any atom is -0.399 e. The van der Waals surface area contributed by atoms with E-state index in [1.807, 2.05) is 6.92 Å². The predicted molar refractivity (Wildman–Crippen MR) is 91.1 cm³/mol. The summed E-state index contributed by atoms with van der Waals surface area (Å²) in [6.45, 7) is 16.4. The Morgan fingerprint density at radius 3 is 2.05 bits per heavy atom. The van der Waals surface area contributed by atoms with Crippen molar-refractivity contribution in [3.05, 3.63) is 97.5 Å². The first-order valence-corrected chi connectivity index (χ1v) is 6.35. The summed E-state index contributed by atoms with van der Waals surface area (Å²) in [7, 11) is 0. The summed E-state index contributed by atoms with van der Waals surface area (Å²) in [5, 5.41) is 2.71. The summed E-state index contributed by atoms with van der Waals surface area (Å²) in [6, 6.07) is 0. The van der Waals surface area contributed by atoms with Crippen LogP contribution < -0.4 is 11.1 Å². The van der Waals surface area contributed by atoms with E-state index in [1.165, 1.54) is 18.2 Å². The lowest BCUT2D eigenvalue weighted by molar-refractivity contribution is -0.116. The Kier molecular flexibility index (Phi) is 8.69. The molecule has 0 aliphatic carbocycles. The summed E-state index contributed by atoms with van der Waals surface area (Å²) in [6.07, 6.45) is 13.0. The van der Waals surface area contributed by atoms with Crippen LogP contribution in [0.3, 0.4) is 0 Å². The summed E-state index contributed by atoms with van der Waals surface area (Å²) >= 11 is 0. The van der Waals surface area contributed by atoms with Crippen LogP contribution in [0.5, 0.6) is 0 Å². The van der Waals surface area contributed by atoms with Crippen LogP contribution in [0.2, 0.25) is 0 Å². The molecule has 1 amide bonds. The minimum absolute atomic E-state index is 0.283. The third-order valence-electron chi connectivity index (χ3n) is 2.50. The molecule has 0 fully saturated rings. The molecule has 3 nitrogen and oxygen atoms in total. The molecule has 0 aliphatic heterocycles. The van der Waals surface area contributed by atoms with E-state index in [4.69, 9.17) is 5.73 Å². The quantitative estimate of drug-likeness (QED) is 0.529. The monoisotopic (exact) mass is 282 g/mol. The number of allylic oxidation sites excluding steroid dienone is 8. The van der Waals surface area contributed by atoms with Gasteiger partial charge in [-0.15, -0.1) is 0 Å². The second-order valence-corrected chi connectivity index (χ2v) is 4.09. The Bertz CT molecular complexity index is 558. The fraction of sp³-hybridized carbons (Fsp3) is 0.0556. The van der Waals surface area contributed by atoms with Gasteiger partial charge in [0.15, 0.2) is 0 Å². The van der Waals surface area contributed by atoms with E-state index in [0.717, 1.165) is 5.57 Å². The highest BCUT2D eigenvalue weighted by Gasteiger charge is 2.05. The summed E-state index contributed by atoms with van der Waals surface area (Å²) in [5.74, 6) is -0.283. The lowest BCUT2D eigenvalue weighted by Gasteiger charge is -2.05. The van der Waals surface area contributed by atoms with Gasteiger partial charge in [-0.05, 0) is 37.3 Å². The number of hydrogen-bond donors (Lipinski definition) is 2. The number of nitrogens with two attached hydrogens (primary N) is 1. The van der Waals surface area contributed by atoms with Gasteiger partial charge in [0.1, 0.15) is 0 Å². The van der Waals surface area contributed by atoms with Crippen LogP contribution in [0.25, 0.3) is 0 Å². The van der Waals surface area contributed by atoms with Crippen LogP contribution in [0.15, 0.2) is 97.5 Å². The molecule has 0 spiro atoms. The maximum atomic E-state index is 12.1. The van der Waals surface area contributed by atoms with Gasteiger partial charge >= 0.3 is 0 Å². The molecule has 0 rings (SSSR count). The van der Waals surface area contributed by atoms with Crippen molar-refractivity contribution in [2.45, 2.75) is 6.92 Å². The van der Waals surface area contributed by atoms with Crippen molar-refractivity contribution in [1.82, 2.24) is 5.32 Å². The van der Waals surface area contributed by atoms with Crippen LogP contribution >= 0.6 is 0 Å². The summed E-state index contributed by atoms with van der Waals surface area (Å²) in [5.41, 5.74) is 8.00. The first-order valence-electron chi connectivity index (χ1n) is 6.35. The maximum absolute atomic E-state index is 12.1. The highest BCUT2D eigenvalue weighted by atomic mass is 16.1. The van der Waals surface area contributed by atoms with Crippen molar-refractivity contribution < 1.29 is 4.79 Å². The highest BCUT2D eigenvalue weighted by Crippen LogP contribution is 2.03. The van der Waals surface area contributed by atoms with Gasteiger partial charge < -0.3 is 11.1 Å². The molecular formula is C18H22N2O. The topological polar surface area (TPSA) is 55.1 Å². The Morgan fingerprint density at radius 1 is 0.905 bits per heavy atom. The molecule has 0 bridgehead atoms. The lowest BCUT2D eigenvalue weighted by atomic mass is 10.2. The standard InChI is InChI=1S/C18H22N2O/c1-6-14(5)10-11-15(7-2)18(21)20-17(9-4)13-12-16(19)8-3/h6-13H,1-4,19H2,5H3,(H,20,21)/b14-10-,15-11+,16-12+,17-13+. The third-order valence-corrected chi connectivity index (χ3v) is 2.50. The molecule has 0 radical (unpaired) electrons. The van der Waals surface area contributed by atoms with Gasteiger partial charge in [-0.3, -0.25) is 4.79 Å². The zero-order chi connectivity index (χ0) is 16.3. The van der Waals surface area contributed by atoms with E-state index in [-0.39, 0.29) is 5.91 Å². The number of nitrogens with one attached hydrogen (secondary N) is 1. The number of carbonyl (C=O) groups excluding carboxylic acids is 1. The molecule has 0 heterocycles. The first-order chi connectivity index (χ1) is 9.98. The fourth-order valence-corrected chi connectivity index (χ4v) is 1.14. The second-order valence-electron chi connectivity index (χ2n) is 4.09. The van der Waals surface area contributed by atoms with Gasteiger partial charge in [0.25, 0.3) is 5.91 Å². The first kappa shape index (κ1) is 18.2. The molecule has 0 saturated heterocycles. The maximum Gasteiger partial charge on any atom is 0.255 e. The molecule has 0 aromatic carbocycles. The molecule has 0 unspecified atom stereocenters. The van der Waals surface area contributed by atoms with Crippen molar-refractivity contribution in [2.24, 2.45) is 5.73 Å². The van der Waals surface area contributed by atoms with Gasteiger partial charge in [-0.25, -0.2) is 0 Å². The Hall–Kier alpha value is -2.81. The average molecular weight is 282 g/mol. The number of amides is 1. The zero-order valence-electron chi connectivity index (χ0n) is 12.4. The molecular weight excluding hydrogens is 260 g/mol. The van der Waals surface area contributed by atoms with Gasteiger partial charge in [0.2, 0.25) is 0 Å².